The molecule has 0 aromatic heterocycles. The van der Waals surface area contributed by atoms with Gasteiger partial charge in [0.25, 0.3) is 0 Å². The third-order valence-corrected chi connectivity index (χ3v) is 4.49. The zero-order chi connectivity index (χ0) is 15.6. The molecular weight excluding hydrogens is 280 g/mol. The van der Waals surface area contributed by atoms with Crippen LogP contribution < -0.4 is 16.0 Å². The summed E-state index contributed by atoms with van der Waals surface area (Å²) in [5.74, 6) is 0.207. The Morgan fingerprint density at radius 3 is 2.68 bits per heavy atom. The maximum atomic E-state index is 12.1. The van der Waals surface area contributed by atoms with E-state index in [1.807, 2.05) is 4.90 Å². The lowest BCUT2D eigenvalue weighted by atomic mass is 9.96. The lowest BCUT2D eigenvalue weighted by Gasteiger charge is -2.23. The van der Waals surface area contributed by atoms with Gasteiger partial charge in [-0.15, -0.1) is 0 Å². The predicted octanol–water partition coefficient (Wildman–Crippen LogP) is 1.22. The first-order valence-electron chi connectivity index (χ1n) is 8.78. The van der Waals surface area contributed by atoms with E-state index in [1.165, 1.54) is 19.3 Å². The predicted molar refractivity (Wildman–Crippen MR) is 86.7 cm³/mol. The van der Waals surface area contributed by atoms with Crippen molar-refractivity contribution >= 4 is 11.9 Å². The number of rotatable bonds is 5. The van der Waals surface area contributed by atoms with Gasteiger partial charge in [0, 0.05) is 38.6 Å². The molecule has 1 aliphatic heterocycles. The second-order valence-electron chi connectivity index (χ2n) is 6.32. The van der Waals surface area contributed by atoms with E-state index in [2.05, 4.69) is 16.0 Å². The van der Waals surface area contributed by atoms with Crippen molar-refractivity contribution in [3.63, 3.8) is 0 Å². The van der Waals surface area contributed by atoms with Crippen LogP contribution in [0.15, 0.2) is 0 Å². The molecule has 0 bridgehead atoms. The molecule has 0 radical (unpaired) electrons. The van der Waals surface area contributed by atoms with Crippen molar-refractivity contribution in [3.8, 4) is 0 Å². The largest absolute Gasteiger partial charge is 0.341 e. The number of hydrogen-bond acceptors (Lipinski definition) is 3. The molecule has 1 heterocycles. The molecular formula is C16H30N4O2. The molecule has 0 aromatic carbocycles. The Kier molecular flexibility index (Phi) is 7.49. The lowest BCUT2D eigenvalue weighted by molar-refractivity contribution is -0.131. The molecule has 2 fully saturated rings. The van der Waals surface area contributed by atoms with E-state index in [-0.39, 0.29) is 11.9 Å². The van der Waals surface area contributed by atoms with Gasteiger partial charge in [-0.1, -0.05) is 19.3 Å². The number of nitrogens with one attached hydrogen (secondary N) is 3. The Hall–Kier alpha value is -1.30. The van der Waals surface area contributed by atoms with Gasteiger partial charge in [-0.3, -0.25) is 4.79 Å². The Labute approximate surface area is 133 Å². The molecule has 0 unspecified atom stereocenters. The van der Waals surface area contributed by atoms with Crippen molar-refractivity contribution in [1.82, 2.24) is 20.9 Å². The minimum atomic E-state index is -0.0849. The molecule has 0 spiro atoms. The van der Waals surface area contributed by atoms with Gasteiger partial charge in [-0.25, -0.2) is 4.79 Å². The van der Waals surface area contributed by atoms with E-state index in [4.69, 9.17) is 0 Å². The van der Waals surface area contributed by atoms with Gasteiger partial charge in [-0.05, 0) is 32.2 Å². The summed E-state index contributed by atoms with van der Waals surface area (Å²) in [6.45, 7) is 4.09. The van der Waals surface area contributed by atoms with E-state index >= 15 is 0 Å². The van der Waals surface area contributed by atoms with Crippen molar-refractivity contribution in [2.75, 3.05) is 32.7 Å². The van der Waals surface area contributed by atoms with Gasteiger partial charge in [0.2, 0.25) is 5.91 Å². The molecule has 1 saturated carbocycles. The average Bonchev–Trinajstić information content (AvgIpc) is 2.81. The normalized spacial score (nSPS) is 20.3. The Balaban J connectivity index is 1.53. The van der Waals surface area contributed by atoms with Crippen LogP contribution in [0.25, 0.3) is 0 Å². The highest BCUT2D eigenvalue weighted by Gasteiger charge is 2.16. The Morgan fingerprint density at radius 1 is 1.05 bits per heavy atom. The number of nitrogens with zero attached hydrogens (tertiary/aromatic N) is 1. The van der Waals surface area contributed by atoms with Crippen LogP contribution in [-0.2, 0) is 4.79 Å². The van der Waals surface area contributed by atoms with Gasteiger partial charge in [0.1, 0.15) is 0 Å². The summed E-state index contributed by atoms with van der Waals surface area (Å²) < 4.78 is 0. The number of amides is 3. The van der Waals surface area contributed by atoms with Crippen molar-refractivity contribution < 1.29 is 9.59 Å². The number of urea groups is 1. The molecule has 2 aliphatic rings. The quantitative estimate of drug-likeness (QED) is 0.669. The fourth-order valence-electron chi connectivity index (χ4n) is 3.18. The SMILES string of the molecule is O=C(NCCCC(=O)N1CCCNCC1)NC1CCCCC1. The topological polar surface area (TPSA) is 73.5 Å². The number of carbonyl (C=O) groups excluding carboxylic acids is 2. The second kappa shape index (κ2) is 9.66. The summed E-state index contributed by atoms with van der Waals surface area (Å²) >= 11 is 0. The van der Waals surface area contributed by atoms with Crippen molar-refractivity contribution in [2.45, 2.75) is 57.4 Å². The van der Waals surface area contributed by atoms with Gasteiger partial charge < -0.3 is 20.9 Å². The van der Waals surface area contributed by atoms with Crippen molar-refractivity contribution in [2.24, 2.45) is 0 Å². The number of hydrogen-bond donors (Lipinski definition) is 3. The minimum absolute atomic E-state index is 0.0849. The van der Waals surface area contributed by atoms with E-state index in [0.717, 1.165) is 45.4 Å². The monoisotopic (exact) mass is 310 g/mol. The molecule has 6 heteroatoms. The summed E-state index contributed by atoms with van der Waals surface area (Å²) in [5, 5.41) is 9.19. The Morgan fingerprint density at radius 2 is 1.86 bits per heavy atom. The van der Waals surface area contributed by atoms with E-state index in [9.17, 15) is 9.59 Å². The van der Waals surface area contributed by atoms with E-state index in [0.29, 0.717) is 25.4 Å². The molecule has 1 saturated heterocycles. The molecule has 0 atom stereocenters. The van der Waals surface area contributed by atoms with Crippen molar-refractivity contribution in [1.29, 1.82) is 0 Å². The standard InChI is InChI=1S/C16H30N4O2/c21-15(20-12-5-9-17-11-13-20)8-4-10-18-16(22)19-14-6-2-1-3-7-14/h14,17H,1-13H2,(H2,18,19,22). The van der Waals surface area contributed by atoms with Crippen LogP contribution in [0, 0.1) is 0 Å². The zero-order valence-corrected chi connectivity index (χ0v) is 13.5. The highest BCUT2D eigenvalue weighted by atomic mass is 16.2. The first-order chi connectivity index (χ1) is 10.8. The summed E-state index contributed by atoms with van der Waals surface area (Å²) in [7, 11) is 0. The van der Waals surface area contributed by atoms with Crippen LogP contribution in [0.3, 0.4) is 0 Å². The van der Waals surface area contributed by atoms with Crippen molar-refractivity contribution in [3.05, 3.63) is 0 Å². The molecule has 0 aromatic rings. The third kappa shape index (κ3) is 6.22. The maximum Gasteiger partial charge on any atom is 0.315 e. The van der Waals surface area contributed by atoms with E-state index < -0.39 is 0 Å². The molecule has 126 valence electrons. The molecule has 1 aliphatic carbocycles. The van der Waals surface area contributed by atoms with Gasteiger partial charge in [0.05, 0.1) is 0 Å². The zero-order valence-electron chi connectivity index (χ0n) is 13.5. The fourth-order valence-corrected chi connectivity index (χ4v) is 3.18. The second-order valence-corrected chi connectivity index (χ2v) is 6.32. The van der Waals surface area contributed by atoms with Gasteiger partial charge >= 0.3 is 6.03 Å². The summed E-state index contributed by atoms with van der Waals surface area (Å²) in [6, 6.07) is 0.248. The molecule has 3 amide bonds. The van der Waals surface area contributed by atoms with Crippen LogP contribution in [-0.4, -0.2) is 55.6 Å². The van der Waals surface area contributed by atoms with E-state index in [1.54, 1.807) is 0 Å². The van der Waals surface area contributed by atoms with Gasteiger partial charge in [-0.2, -0.15) is 0 Å². The molecule has 2 rings (SSSR count). The van der Waals surface area contributed by atoms with Crippen LogP contribution >= 0.6 is 0 Å². The summed E-state index contributed by atoms with van der Waals surface area (Å²) in [5.41, 5.74) is 0. The summed E-state index contributed by atoms with van der Waals surface area (Å²) in [4.78, 5) is 25.8. The minimum Gasteiger partial charge on any atom is -0.341 e. The summed E-state index contributed by atoms with van der Waals surface area (Å²) in [6.07, 6.45) is 8.14. The molecule has 6 nitrogen and oxygen atoms in total. The lowest BCUT2D eigenvalue weighted by Crippen LogP contribution is -2.43. The smallest absolute Gasteiger partial charge is 0.315 e. The first-order valence-corrected chi connectivity index (χ1v) is 8.78. The number of carbonyl (C=O) groups is 2. The Bertz CT molecular complexity index is 348. The third-order valence-electron chi connectivity index (χ3n) is 4.49. The van der Waals surface area contributed by atoms with Crippen LogP contribution in [0.5, 0.6) is 0 Å². The molecule has 3 N–H and O–H groups in total. The highest BCUT2D eigenvalue weighted by Crippen LogP contribution is 2.17. The van der Waals surface area contributed by atoms with Gasteiger partial charge in [0.15, 0.2) is 0 Å². The molecule has 22 heavy (non-hydrogen) atoms. The van der Waals surface area contributed by atoms with Crippen LogP contribution in [0.1, 0.15) is 51.4 Å². The fraction of sp³-hybridized carbons (Fsp3) is 0.875. The maximum absolute atomic E-state index is 12.1. The average molecular weight is 310 g/mol. The van der Waals surface area contributed by atoms with Crippen LogP contribution in [0.4, 0.5) is 4.79 Å². The highest BCUT2D eigenvalue weighted by molar-refractivity contribution is 5.76. The first kappa shape index (κ1) is 17.1. The van der Waals surface area contributed by atoms with Crippen LogP contribution in [0.2, 0.25) is 0 Å².